The lowest BCUT2D eigenvalue weighted by molar-refractivity contribution is -0.0358. The van der Waals surface area contributed by atoms with Gasteiger partial charge >= 0.3 is 0 Å². The Morgan fingerprint density at radius 1 is 0.556 bits per heavy atom. The highest BCUT2D eigenvalue weighted by molar-refractivity contribution is 5.03. The van der Waals surface area contributed by atoms with E-state index in [1.54, 1.807) is 51.4 Å². The number of hydrogen-bond donors (Lipinski definition) is 0. The molecule has 0 heteroatoms. The molecule has 8 atom stereocenters. The normalized spacial score (nSPS) is 48.3. The molecule has 0 bridgehead atoms. The fourth-order valence-electron chi connectivity index (χ4n) is 8.55. The average molecular weight is 373 g/mol. The second kappa shape index (κ2) is 7.05. The molecule has 0 saturated heterocycles. The fourth-order valence-corrected chi connectivity index (χ4v) is 8.55. The Morgan fingerprint density at radius 2 is 1.19 bits per heavy atom. The topological polar surface area (TPSA) is 0 Å². The van der Waals surface area contributed by atoms with Crippen molar-refractivity contribution in [1.29, 1.82) is 0 Å². The van der Waals surface area contributed by atoms with E-state index < -0.39 is 0 Å². The van der Waals surface area contributed by atoms with Gasteiger partial charge in [-0.25, -0.2) is 0 Å². The van der Waals surface area contributed by atoms with E-state index in [2.05, 4.69) is 48.5 Å². The molecule has 0 N–H and O–H groups in total. The van der Waals surface area contributed by atoms with Gasteiger partial charge in [0.15, 0.2) is 0 Å². The van der Waals surface area contributed by atoms with Crippen molar-refractivity contribution >= 4 is 0 Å². The highest BCUT2D eigenvalue weighted by atomic mass is 14.6. The van der Waals surface area contributed by atoms with Crippen molar-refractivity contribution in [1.82, 2.24) is 0 Å². The van der Waals surface area contributed by atoms with Gasteiger partial charge in [0.1, 0.15) is 0 Å². The van der Waals surface area contributed by atoms with Crippen molar-refractivity contribution in [3.63, 3.8) is 0 Å². The molecule has 4 fully saturated rings. The summed E-state index contributed by atoms with van der Waals surface area (Å²) in [5.41, 5.74) is 0.961. The summed E-state index contributed by atoms with van der Waals surface area (Å²) in [4.78, 5) is 0. The summed E-state index contributed by atoms with van der Waals surface area (Å²) in [6, 6.07) is 0. The van der Waals surface area contributed by atoms with Gasteiger partial charge < -0.3 is 0 Å². The van der Waals surface area contributed by atoms with Crippen LogP contribution in [0.5, 0.6) is 0 Å². The van der Waals surface area contributed by atoms with Crippen molar-refractivity contribution in [2.24, 2.45) is 64.1 Å². The molecule has 8 unspecified atom stereocenters. The van der Waals surface area contributed by atoms with Gasteiger partial charge in [0.05, 0.1) is 0 Å². The van der Waals surface area contributed by atoms with Crippen molar-refractivity contribution in [3.8, 4) is 0 Å². The monoisotopic (exact) mass is 372 g/mol. The third-order valence-electron chi connectivity index (χ3n) is 10.0. The van der Waals surface area contributed by atoms with E-state index in [-0.39, 0.29) is 0 Å². The molecule has 0 aliphatic heterocycles. The number of fused-ring (bicyclic) bond motifs is 2. The second-order valence-electron chi connectivity index (χ2n) is 13.8. The van der Waals surface area contributed by atoms with Gasteiger partial charge in [-0.2, -0.15) is 0 Å². The summed E-state index contributed by atoms with van der Waals surface area (Å²) in [6.45, 7) is 17.7. The number of rotatable bonds is 1. The zero-order valence-corrected chi connectivity index (χ0v) is 19.6. The van der Waals surface area contributed by atoms with Crippen molar-refractivity contribution in [3.05, 3.63) is 0 Å². The number of hydrogen-bond acceptors (Lipinski definition) is 0. The fraction of sp³-hybridized carbons (Fsp3) is 1.00. The van der Waals surface area contributed by atoms with E-state index in [4.69, 9.17) is 0 Å². The van der Waals surface area contributed by atoms with E-state index in [0.717, 1.165) is 53.3 Å². The minimum Gasteiger partial charge on any atom is -0.0625 e. The Bertz CT molecular complexity index is 495. The smallest absolute Gasteiger partial charge is 0.0323 e. The first-order valence-electron chi connectivity index (χ1n) is 12.5. The summed E-state index contributed by atoms with van der Waals surface area (Å²) in [6.07, 6.45) is 14.0. The summed E-state index contributed by atoms with van der Waals surface area (Å²) in [5, 5.41) is 0. The predicted molar refractivity (Wildman–Crippen MR) is 118 cm³/mol. The third kappa shape index (κ3) is 3.90. The first kappa shape index (κ1) is 20.3. The molecule has 0 aromatic carbocycles. The van der Waals surface area contributed by atoms with Crippen LogP contribution in [0.15, 0.2) is 0 Å². The van der Waals surface area contributed by atoms with Crippen LogP contribution in [0.4, 0.5) is 0 Å². The van der Waals surface area contributed by atoms with Gasteiger partial charge in [0.2, 0.25) is 0 Å². The van der Waals surface area contributed by atoms with E-state index in [1.807, 2.05) is 0 Å². The molecular weight excluding hydrogens is 324 g/mol. The van der Waals surface area contributed by atoms with E-state index in [9.17, 15) is 0 Å². The zero-order chi connectivity index (χ0) is 19.6. The van der Waals surface area contributed by atoms with Gasteiger partial charge in [0.25, 0.3) is 0 Å². The van der Waals surface area contributed by atoms with Gasteiger partial charge in [-0.1, -0.05) is 61.3 Å². The molecule has 4 saturated carbocycles. The van der Waals surface area contributed by atoms with Crippen LogP contribution >= 0.6 is 0 Å². The highest BCUT2D eigenvalue weighted by Gasteiger charge is 2.53. The van der Waals surface area contributed by atoms with Crippen molar-refractivity contribution in [2.75, 3.05) is 0 Å². The molecule has 27 heavy (non-hydrogen) atoms. The molecule has 0 aromatic rings. The van der Waals surface area contributed by atoms with E-state index in [0.29, 0.717) is 10.8 Å². The molecule has 4 rings (SSSR count). The third-order valence-corrected chi connectivity index (χ3v) is 10.0. The molecule has 4 aliphatic carbocycles. The summed E-state index contributed by atoms with van der Waals surface area (Å²) >= 11 is 0. The minimum absolute atomic E-state index is 0.480. The Morgan fingerprint density at radius 3 is 1.78 bits per heavy atom. The van der Waals surface area contributed by atoms with Crippen LogP contribution in [0.25, 0.3) is 0 Å². The Kier molecular flexibility index (Phi) is 5.30. The summed E-state index contributed by atoms with van der Waals surface area (Å²) in [5.74, 6) is 9.34. The molecule has 0 nitrogen and oxygen atoms in total. The maximum atomic E-state index is 2.56. The van der Waals surface area contributed by atoms with Gasteiger partial charge in [-0.05, 0) is 109 Å². The van der Waals surface area contributed by atoms with Crippen molar-refractivity contribution in [2.45, 2.75) is 106 Å². The standard InChI is InChI=1S/C27H48/c1-17-11-19-13-18-9-8-10-23(18)25(24(19)12-17)20-14-21(26(2,3)4)16-22(15-20)27(5,6)7/h17-25H,8-16H2,1-7H3. The van der Waals surface area contributed by atoms with Crippen molar-refractivity contribution < 1.29 is 0 Å². The van der Waals surface area contributed by atoms with E-state index in [1.165, 1.54) is 6.42 Å². The van der Waals surface area contributed by atoms with Crippen LogP contribution < -0.4 is 0 Å². The molecular formula is C27H48. The predicted octanol–water partition coefficient (Wildman–Crippen LogP) is 8.21. The first-order valence-corrected chi connectivity index (χ1v) is 12.5. The van der Waals surface area contributed by atoms with Crippen LogP contribution in [-0.4, -0.2) is 0 Å². The lowest BCUT2D eigenvalue weighted by atomic mass is 9.52. The molecule has 0 radical (unpaired) electrons. The molecule has 0 amide bonds. The molecule has 156 valence electrons. The zero-order valence-electron chi connectivity index (χ0n) is 19.6. The Balaban J connectivity index is 1.63. The maximum absolute atomic E-state index is 2.56. The minimum atomic E-state index is 0.480. The van der Waals surface area contributed by atoms with E-state index >= 15 is 0 Å². The lowest BCUT2D eigenvalue weighted by Gasteiger charge is -2.53. The highest BCUT2D eigenvalue weighted by Crippen LogP contribution is 2.62. The molecule has 0 heterocycles. The Hall–Kier alpha value is 0. The molecule has 0 spiro atoms. The lowest BCUT2D eigenvalue weighted by Crippen LogP contribution is -2.45. The Labute approximate surface area is 170 Å². The van der Waals surface area contributed by atoms with Gasteiger partial charge in [0, 0.05) is 0 Å². The van der Waals surface area contributed by atoms with Crippen LogP contribution in [0, 0.1) is 64.1 Å². The first-order chi connectivity index (χ1) is 12.5. The maximum Gasteiger partial charge on any atom is -0.0323 e. The van der Waals surface area contributed by atoms with Crippen LogP contribution in [0.2, 0.25) is 0 Å². The second-order valence-corrected chi connectivity index (χ2v) is 13.8. The quantitative estimate of drug-likeness (QED) is 0.435. The van der Waals surface area contributed by atoms with Crippen LogP contribution in [0.3, 0.4) is 0 Å². The van der Waals surface area contributed by atoms with Gasteiger partial charge in [-0.3, -0.25) is 0 Å². The molecule has 4 aliphatic rings. The summed E-state index contributed by atoms with van der Waals surface area (Å²) in [7, 11) is 0. The largest absolute Gasteiger partial charge is 0.0625 e. The van der Waals surface area contributed by atoms with Crippen LogP contribution in [0.1, 0.15) is 106 Å². The van der Waals surface area contributed by atoms with Crippen LogP contribution in [-0.2, 0) is 0 Å². The molecule has 0 aromatic heterocycles. The average Bonchev–Trinajstić information content (AvgIpc) is 3.15. The summed E-state index contributed by atoms with van der Waals surface area (Å²) < 4.78 is 0. The SMILES string of the molecule is CC1CC2CC3CCCC3C(C3CC(C(C)(C)C)CC(C(C)(C)C)C3)C2C1. The van der Waals surface area contributed by atoms with Gasteiger partial charge in [-0.15, -0.1) is 0 Å².